The quantitative estimate of drug-likeness (QED) is 0.596. The number of rotatable bonds is 4. The molecule has 0 saturated heterocycles. The average Bonchev–Trinajstić information content (AvgIpc) is 2.14. The Balaban J connectivity index is 3.03. The lowest BCUT2D eigenvalue weighted by molar-refractivity contribution is 0.287. The van der Waals surface area contributed by atoms with Crippen LogP contribution in [0.15, 0.2) is 17.0 Å². The summed E-state index contributed by atoms with van der Waals surface area (Å²) in [5, 5.41) is 0. The first-order valence-corrected chi connectivity index (χ1v) is 5.01. The Morgan fingerprint density at radius 3 is 2.14 bits per heavy atom. The van der Waals surface area contributed by atoms with Crippen LogP contribution in [0.5, 0.6) is 11.5 Å². The minimum Gasteiger partial charge on any atom is -0.490 e. The lowest BCUT2D eigenvalue weighted by Crippen LogP contribution is -2.00. The van der Waals surface area contributed by atoms with E-state index in [2.05, 4.69) is 12.6 Å². The molecule has 0 fully saturated rings. The van der Waals surface area contributed by atoms with Crippen molar-refractivity contribution in [1.29, 1.82) is 0 Å². The van der Waals surface area contributed by atoms with Crippen molar-refractivity contribution in [3.05, 3.63) is 12.1 Å². The SMILES string of the molecule is CCOc1cc(N)c(S)cc1OCC. The molecule has 0 radical (unpaired) electrons. The molecular formula is C10H15NO2S. The zero-order valence-corrected chi connectivity index (χ0v) is 9.30. The van der Waals surface area contributed by atoms with Crippen LogP contribution in [-0.4, -0.2) is 13.2 Å². The predicted molar refractivity (Wildman–Crippen MR) is 60.4 cm³/mol. The molecule has 0 saturated carbocycles. The van der Waals surface area contributed by atoms with Crippen molar-refractivity contribution in [1.82, 2.24) is 0 Å². The fourth-order valence-electron chi connectivity index (χ4n) is 1.10. The number of hydrogen-bond acceptors (Lipinski definition) is 4. The number of hydrogen-bond donors (Lipinski definition) is 2. The van der Waals surface area contributed by atoms with Crippen LogP contribution in [0.2, 0.25) is 0 Å². The van der Waals surface area contributed by atoms with Crippen molar-refractivity contribution in [3.63, 3.8) is 0 Å². The largest absolute Gasteiger partial charge is 0.490 e. The van der Waals surface area contributed by atoms with Gasteiger partial charge in [-0.05, 0) is 19.9 Å². The van der Waals surface area contributed by atoms with E-state index in [1.165, 1.54) is 0 Å². The van der Waals surface area contributed by atoms with Gasteiger partial charge in [0.25, 0.3) is 0 Å². The highest BCUT2D eigenvalue weighted by atomic mass is 32.1. The summed E-state index contributed by atoms with van der Waals surface area (Å²) < 4.78 is 10.8. The molecule has 0 amide bonds. The molecule has 0 aliphatic carbocycles. The zero-order valence-electron chi connectivity index (χ0n) is 8.41. The highest BCUT2D eigenvalue weighted by Crippen LogP contribution is 2.33. The molecular weight excluding hydrogens is 198 g/mol. The molecule has 0 aliphatic heterocycles. The van der Waals surface area contributed by atoms with Gasteiger partial charge in [-0.1, -0.05) is 0 Å². The molecule has 1 aromatic rings. The second-order valence-electron chi connectivity index (χ2n) is 2.72. The van der Waals surface area contributed by atoms with Gasteiger partial charge in [0.1, 0.15) is 0 Å². The molecule has 0 unspecified atom stereocenters. The lowest BCUT2D eigenvalue weighted by Gasteiger charge is -2.12. The topological polar surface area (TPSA) is 44.5 Å². The van der Waals surface area contributed by atoms with Crippen LogP contribution in [-0.2, 0) is 0 Å². The summed E-state index contributed by atoms with van der Waals surface area (Å²) >= 11 is 4.22. The molecule has 2 N–H and O–H groups in total. The van der Waals surface area contributed by atoms with Crippen molar-refractivity contribution in [2.75, 3.05) is 18.9 Å². The Hall–Kier alpha value is -1.03. The van der Waals surface area contributed by atoms with Gasteiger partial charge in [-0.25, -0.2) is 0 Å². The number of benzene rings is 1. The first-order chi connectivity index (χ1) is 6.69. The van der Waals surface area contributed by atoms with Gasteiger partial charge in [-0.3, -0.25) is 0 Å². The van der Waals surface area contributed by atoms with Gasteiger partial charge >= 0.3 is 0 Å². The summed E-state index contributed by atoms with van der Waals surface area (Å²) in [5.41, 5.74) is 6.30. The highest BCUT2D eigenvalue weighted by Gasteiger charge is 2.07. The number of ether oxygens (including phenoxy) is 2. The van der Waals surface area contributed by atoms with Crippen LogP contribution in [0.1, 0.15) is 13.8 Å². The van der Waals surface area contributed by atoms with E-state index in [0.717, 1.165) is 0 Å². The van der Waals surface area contributed by atoms with E-state index in [1.807, 2.05) is 13.8 Å². The van der Waals surface area contributed by atoms with E-state index in [-0.39, 0.29) is 0 Å². The average molecular weight is 213 g/mol. The second kappa shape index (κ2) is 5.00. The molecule has 3 nitrogen and oxygen atoms in total. The van der Waals surface area contributed by atoms with Gasteiger partial charge in [0, 0.05) is 16.6 Å². The van der Waals surface area contributed by atoms with Crippen LogP contribution in [0, 0.1) is 0 Å². The molecule has 14 heavy (non-hydrogen) atoms. The van der Waals surface area contributed by atoms with E-state index >= 15 is 0 Å². The standard InChI is InChI=1S/C10H15NO2S/c1-3-12-8-5-7(11)10(14)6-9(8)13-4-2/h5-6,14H,3-4,11H2,1-2H3. The number of nitrogens with two attached hydrogens (primary N) is 1. The van der Waals surface area contributed by atoms with Crippen LogP contribution < -0.4 is 15.2 Å². The van der Waals surface area contributed by atoms with Crippen molar-refractivity contribution >= 4 is 18.3 Å². The lowest BCUT2D eigenvalue weighted by atomic mass is 10.3. The summed E-state index contributed by atoms with van der Waals surface area (Å²) in [6.07, 6.45) is 0. The summed E-state index contributed by atoms with van der Waals surface area (Å²) in [7, 11) is 0. The zero-order chi connectivity index (χ0) is 10.6. The Morgan fingerprint density at radius 2 is 1.64 bits per heavy atom. The van der Waals surface area contributed by atoms with Gasteiger partial charge < -0.3 is 15.2 Å². The fourth-order valence-corrected chi connectivity index (χ4v) is 1.28. The van der Waals surface area contributed by atoms with E-state index in [0.29, 0.717) is 35.3 Å². The molecule has 0 spiro atoms. The van der Waals surface area contributed by atoms with E-state index in [4.69, 9.17) is 15.2 Å². The van der Waals surface area contributed by atoms with Gasteiger partial charge in [-0.15, -0.1) is 12.6 Å². The predicted octanol–water partition coefficient (Wildman–Crippen LogP) is 2.35. The summed E-state index contributed by atoms with van der Waals surface area (Å²) in [6.45, 7) is 5.02. The Morgan fingerprint density at radius 1 is 1.14 bits per heavy atom. The first kappa shape index (κ1) is 11.0. The molecule has 4 heteroatoms. The number of nitrogen functional groups attached to an aromatic ring is 1. The van der Waals surface area contributed by atoms with E-state index in [9.17, 15) is 0 Å². The Kier molecular flexibility index (Phi) is 3.95. The third-order valence-corrected chi connectivity index (χ3v) is 2.08. The van der Waals surface area contributed by atoms with Crippen LogP contribution in [0.4, 0.5) is 5.69 Å². The maximum atomic E-state index is 5.70. The Bertz CT molecular complexity index is 284. The first-order valence-electron chi connectivity index (χ1n) is 4.57. The van der Waals surface area contributed by atoms with Crippen molar-refractivity contribution in [2.45, 2.75) is 18.7 Å². The van der Waals surface area contributed by atoms with Gasteiger partial charge in [0.15, 0.2) is 11.5 Å². The minimum absolute atomic E-state index is 0.589. The van der Waals surface area contributed by atoms with Crippen molar-refractivity contribution < 1.29 is 9.47 Å². The molecule has 0 heterocycles. The number of anilines is 1. The monoisotopic (exact) mass is 213 g/mol. The normalized spacial score (nSPS) is 9.93. The molecule has 78 valence electrons. The van der Waals surface area contributed by atoms with Crippen LogP contribution in [0.25, 0.3) is 0 Å². The van der Waals surface area contributed by atoms with Crippen LogP contribution >= 0.6 is 12.6 Å². The molecule has 0 aromatic heterocycles. The highest BCUT2D eigenvalue weighted by molar-refractivity contribution is 7.80. The molecule has 0 aliphatic rings. The fraction of sp³-hybridized carbons (Fsp3) is 0.400. The molecule has 1 aromatic carbocycles. The smallest absolute Gasteiger partial charge is 0.163 e. The van der Waals surface area contributed by atoms with Gasteiger partial charge in [0.2, 0.25) is 0 Å². The van der Waals surface area contributed by atoms with Crippen molar-refractivity contribution in [3.8, 4) is 11.5 Å². The van der Waals surface area contributed by atoms with E-state index in [1.54, 1.807) is 12.1 Å². The maximum Gasteiger partial charge on any atom is 0.163 e. The summed E-state index contributed by atoms with van der Waals surface area (Å²) in [4.78, 5) is 0.705. The second-order valence-corrected chi connectivity index (χ2v) is 3.21. The van der Waals surface area contributed by atoms with Crippen molar-refractivity contribution in [2.24, 2.45) is 0 Å². The van der Waals surface area contributed by atoms with Gasteiger partial charge in [0.05, 0.1) is 13.2 Å². The minimum atomic E-state index is 0.589. The third kappa shape index (κ3) is 2.48. The van der Waals surface area contributed by atoms with E-state index < -0.39 is 0 Å². The molecule has 1 rings (SSSR count). The Labute approximate surface area is 89.6 Å². The third-order valence-electron chi connectivity index (χ3n) is 1.69. The number of thiol groups is 1. The summed E-state index contributed by atoms with van der Waals surface area (Å²) in [6, 6.07) is 3.50. The maximum absolute atomic E-state index is 5.70. The van der Waals surface area contributed by atoms with Gasteiger partial charge in [-0.2, -0.15) is 0 Å². The molecule has 0 atom stereocenters. The summed E-state index contributed by atoms with van der Waals surface area (Å²) in [5.74, 6) is 1.36. The van der Waals surface area contributed by atoms with Crippen LogP contribution in [0.3, 0.4) is 0 Å². The molecule has 0 bridgehead atoms.